The first-order chi connectivity index (χ1) is 18.8. The fourth-order valence-corrected chi connectivity index (χ4v) is 6.82. The maximum Gasteiger partial charge on any atom is 0.266 e. The van der Waals surface area contributed by atoms with Crippen LogP contribution < -0.4 is 4.74 Å². The topological polar surface area (TPSA) is 58.6 Å². The van der Waals surface area contributed by atoms with E-state index < -0.39 is 11.6 Å². The van der Waals surface area contributed by atoms with Crippen molar-refractivity contribution >= 4 is 38.9 Å². The zero-order valence-corrected chi connectivity index (χ0v) is 23.5. The minimum atomic E-state index is -0.650. The van der Waals surface area contributed by atoms with E-state index >= 15 is 0 Å². The van der Waals surface area contributed by atoms with Gasteiger partial charge in [-0.2, -0.15) is 0 Å². The van der Waals surface area contributed by atoms with E-state index in [0.29, 0.717) is 17.5 Å². The van der Waals surface area contributed by atoms with Crippen LogP contribution in [0.25, 0.3) is 21.3 Å². The summed E-state index contributed by atoms with van der Waals surface area (Å²) in [5.74, 6) is -0.973. The van der Waals surface area contributed by atoms with Crippen LogP contribution in [0, 0.1) is 11.6 Å². The summed E-state index contributed by atoms with van der Waals surface area (Å²) in [6.07, 6.45) is 8.37. The maximum atomic E-state index is 14.6. The van der Waals surface area contributed by atoms with Gasteiger partial charge >= 0.3 is 0 Å². The summed E-state index contributed by atoms with van der Waals surface area (Å²) in [5.41, 5.74) is 2.33. The van der Waals surface area contributed by atoms with Gasteiger partial charge in [0.05, 0.1) is 34.1 Å². The Morgan fingerprint density at radius 1 is 1.08 bits per heavy atom. The van der Waals surface area contributed by atoms with Crippen molar-refractivity contribution < 1.29 is 18.3 Å². The predicted molar refractivity (Wildman–Crippen MR) is 150 cm³/mol. The van der Waals surface area contributed by atoms with Gasteiger partial charge in [0, 0.05) is 42.1 Å². The molecule has 39 heavy (non-hydrogen) atoms. The summed E-state index contributed by atoms with van der Waals surface area (Å²) >= 11 is 7.45. The van der Waals surface area contributed by atoms with E-state index in [0.717, 1.165) is 60.3 Å². The van der Waals surface area contributed by atoms with E-state index in [1.807, 2.05) is 18.2 Å². The van der Waals surface area contributed by atoms with Crippen LogP contribution in [-0.4, -0.2) is 59.0 Å². The second-order valence-corrected chi connectivity index (χ2v) is 11.4. The molecule has 204 valence electrons. The second-order valence-electron chi connectivity index (χ2n) is 9.95. The number of carbonyl (C=O) groups is 1. The second kappa shape index (κ2) is 11.5. The molecule has 0 bridgehead atoms. The summed E-state index contributed by atoms with van der Waals surface area (Å²) in [6.45, 7) is 0.239. The number of benzene rings is 2. The van der Waals surface area contributed by atoms with Gasteiger partial charge in [-0.3, -0.25) is 14.8 Å². The molecule has 2 aromatic carbocycles. The quantitative estimate of drug-likeness (QED) is 0.244. The Morgan fingerprint density at radius 2 is 1.79 bits per heavy atom. The average molecular weight is 571 g/mol. The normalized spacial score (nSPS) is 17.5. The van der Waals surface area contributed by atoms with E-state index in [-0.39, 0.29) is 38.5 Å². The fourth-order valence-electron chi connectivity index (χ4n) is 5.31. The molecule has 1 aliphatic rings. The third-order valence-corrected chi connectivity index (χ3v) is 9.13. The van der Waals surface area contributed by atoms with Crippen LogP contribution in [0.2, 0.25) is 5.02 Å². The molecule has 5 rings (SSSR count). The van der Waals surface area contributed by atoms with E-state index in [1.54, 1.807) is 30.6 Å². The summed E-state index contributed by atoms with van der Waals surface area (Å²) in [5, 5.41) is -0.104. The number of ether oxygens (including phenoxy) is 1. The molecule has 0 atom stereocenters. The molecule has 6 nitrogen and oxygen atoms in total. The number of hydrogen-bond donors (Lipinski definition) is 0. The molecule has 2 heterocycles. The molecule has 0 aliphatic heterocycles. The highest BCUT2D eigenvalue weighted by Crippen LogP contribution is 2.40. The largest absolute Gasteiger partial charge is 0.496 e. The summed E-state index contributed by atoms with van der Waals surface area (Å²) < 4.78 is 34.9. The minimum absolute atomic E-state index is 0.0434. The van der Waals surface area contributed by atoms with Crippen LogP contribution in [0.3, 0.4) is 0 Å². The molecule has 2 aromatic heterocycles. The molecule has 0 saturated heterocycles. The number of halogens is 3. The Bertz CT molecular complexity index is 1490. The van der Waals surface area contributed by atoms with Crippen molar-refractivity contribution in [3.05, 3.63) is 76.0 Å². The van der Waals surface area contributed by atoms with Crippen molar-refractivity contribution in [1.82, 2.24) is 19.8 Å². The Hall–Kier alpha value is -3.14. The summed E-state index contributed by atoms with van der Waals surface area (Å²) in [7, 11) is 5.72. The van der Waals surface area contributed by atoms with E-state index in [9.17, 15) is 13.6 Å². The van der Waals surface area contributed by atoms with Crippen molar-refractivity contribution in [3.63, 3.8) is 0 Å². The highest BCUT2D eigenvalue weighted by molar-refractivity contribution is 7.21. The lowest BCUT2D eigenvalue weighted by atomic mass is 9.89. The zero-order chi connectivity index (χ0) is 27.7. The Morgan fingerprint density at radius 3 is 2.44 bits per heavy atom. The maximum absolute atomic E-state index is 14.6. The van der Waals surface area contributed by atoms with Crippen molar-refractivity contribution in [2.75, 3.05) is 21.2 Å². The third kappa shape index (κ3) is 5.48. The lowest BCUT2D eigenvalue weighted by molar-refractivity contribution is 0.0573. The molecular weight excluding hydrogens is 542 g/mol. The predicted octanol–water partition coefficient (Wildman–Crippen LogP) is 6.81. The molecular formula is C29H29ClF2N4O2S. The van der Waals surface area contributed by atoms with Crippen LogP contribution in [0.4, 0.5) is 8.78 Å². The molecule has 1 aliphatic carbocycles. The number of rotatable bonds is 7. The number of methoxy groups -OCH3 is 1. The van der Waals surface area contributed by atoms with E-state index in [4.69, 9.17) is 16.3 Å². The fraction of sp³-hybridized carbons (Fsp3) is 0.345. The molecule has 1 fully saturated rings. The van der Waals surface area contributed by atoms with Crippen LogP contribution in [0.1, 0.15) is 40.9 Å². The van der Waals surface area contributed by atoms with Crippen molar-refractivity contribution in [3.8, 4) is 17.0 Å². The van der Waals surface area contributed by atoms with Gasteiger partial charge in [-0.05, 0) is 70.1 Å². The first-order valence-corrected chi connectivity index (χ1v) is 13.9. The van der Waals surface area contributed by atoms with Gasteiger partial charge in [0.2, 0.25) is 0 Å². The van der Waals surface area contributed by atoms with Crippen LogP contribution >= 0.6 is 22.9 Å². The molecule has 1 saturated carbocycles. The molecule has 0 N–H and O–H groups in total. The van der Waals surface area contributed by atoms with Crippen LogP contribution in [0.5, 0.6) is 5.75 Å². The number of aromatic nitrogens is 2. The summed E-state index contributed by atoms with van der Waals surface area (Å²) in [4.78, 5) is 26.9. The minimum Gasteiger partial charge on any atom is -0.496 e. The molecule has 1 amide bonds. The number of fused-ring (bicyclic) bond motifs is 1. The molecule has 4 aromatic rings. The number of amides is 1. The first-order valence-electron chi connectivity index (χ1n) is 12.7. The number of thiophene rings is 1. The van der Waals surface area contributed by atoms with E-state index in [1.165, 1.54) is 0 Å². The monoisotopic (exact) mass is 570 g/mol. The van der Waals surface area contributed by atoms with Gasteiger partial charge in [-0.15, -0.1) is 11.3 Å². The lowest BCUT2D eigenvalue weighted by Gasteiger charge is -2.39. The number of hydrogen-bond acceptors (Lipinski definition) is 6. The van der Waals surface area contributed by atoms with Gasteiger partial charge in [-0.1, -0.05) is 11.6 Å². The van der Waals surface area contributed by atoms with Crippen molar-refractivity contribution in [1.29, 1.82) is 0 Å². The Balaban J connectivity index is 1.55. The molecule has 0 unspecified atom stereocenters. The SMILES string of the molecule is COc1ccc(-c2cnccn2)cc1CN(C(=O)c1sc2c(F)ccc(F)c2c1Cl)[C@H]1CC[C@H](N(C)C)CC1. The van der Waals surface area contributed by atoms with Crippen molar-refractivity contribution in [2.24, 2.45) is 0 Å². The average Bonchev–Trinajstić information content (AvgIpc) is 3.32. The highest BCUT2D eigenvalue weighted by Gasteiger charge is 2.33. The van der Waals surface area contributed by atoms with Gasteiger partial charge in [0.15, 0.2) is 0 Å². The number of nitrogens with zero attached hydrogens (tertiary/aromatic N) is 4. The van der Waals surface area contributed by atoms with Gasteiger partial charge in [0.25, 0.3) is 5.91 Å². The van der Waals surface area contributed by atoms with E-state index in [2.05, 4.69) is 29.0 Å². The molecule has 0 spiro atoms. The zero-order valence-electron chi connectivity index (χ0n) is 22.0. The third-order valence-electron chi connectivity index (χ3n) is 7.45. The first kappa shape index (κ1) is 27.4. The number of carbonyl (C=O) groups excluding carboxylic acids is 1. The highest BCUT2D eigenvalue weighted by atomic mass is 35.5. The van der Waals surface area contributed by atoms with Crippen molar-refractivity contribution in [2.45, 2.75) is 44.3 Å². The van der Waals surface area contributed by atoms with Crippen LogP contribution in [0.15, 0.2) is 48.9 Å². The summed E-state index contributed by atoms with van der Waals surface area (Å²) in [6, 6.07) is 8.14. The Kier molecular flexibility index (Phi) is 8.11. The molecule has 10 heteroatoms. The van der Waals surface area contributed by atoms with Crippen LogP contribution in [-0.2, 0) is 6.54 Å². The lowest BCUT2D eigenvalue weighted by Crippen LogP contribution is -2.44. The standard InChI is InChI=1S/C29H29ClF2N4O2S/c1-35(2)19-5-7-20(8-6-19)36(29(37)28-26(30)25-21(31)9-10-22(32)27(25)39-28)16-18-14-17(4-11-24(18)38-3)23-15-33-12-13-34-23/h4,9-15,19-20H,5-8,16H2,1-3H3/t19-,20-. The van der Waals surface area contributed by atoms with Gasteiger partial charge in [-0.25, -0.2) is 8.78 Å². The van der Waals surface area contributed by atoms with Gasteiger partial charge in [0.1, 0.15) is 22.3 Å². The Labute approximate surface area is 235 Å². The smallest absolute Gasteiger partial charge is 0.266 e. The van der Waals surface area contributed by atoms with Gasteiger partial charge < -0.3 is 14.5 Å². The molecule has 0 radical (unpaired) electrons.